The van der Waals surface area contributed by atoms with Crippen molar-refractivity contribution in [1.82, 2.24) is 20.3 Å². The molecule has 2 fully saturated rings. The van der Waals surface area contributed by atoms with E-state index in [1.54, 1.807) is 12.4 Å². The van der Waals surface area contributed by atoms with Crippen LogP contribution in [0.2, 0.25) is 0 Å². The summed E-state index contributed by atoms with van der Waals surface area (Å²) in [6, 6.07) is 14.5. The van der Waals surface area contributed by atoms with Crippen molar-refractivity contribution in [1.29, 1.82) is 0 Å². The zero-order valence-corrected chi connectivity index (χ0v) is 20.1. The fraction of sp³-hybridized carbons (Fsp3) is 0.296. The SMILES string of the molecule is Nc1ncc(-c2ccc(C3(c4c[nH]c5cc(C(=O)NC6CCS(=O)C6)ccc45)CCC3)cc2)cn1. The number of anilines is 1. The monoisotopic (exact) mass is 485 g/mol. The number of carbonyl (C=O) groups is 1. The first kappa shape index (κ1) is 22.0. The Morgan fingerprint density at radius 2 is 1.86 bits per heavy atom. The molecule has 6 rings (SSSR count). The molecule has 1 aliphatic heterocycles. The fourth-order valence-corrected chi connectivity index (χ4v) is 6.84. The Kier molecular flexibility index (Phi) is 5.40. The molecule has 1 saturated carbocycles. The van der Waals surface area contributed by atoms with Crippen molar-refractivity contribution in [3.63, 3.8) is 0 Å². The molecule has 0 bridgehead atoms. The Morgan fingerprint density at radius 1 is 1.09 bits per heavy atom. The van der Waals surface area contributed by atoms with E-state index in [0.717, 1.165) is 41.3 Å². The summed E-state index contributed by atoms with van der Waals surface area (Å²) in [7, 11) is -0.813. The van der Waals surface area contributed by atoms with Crippen LogP contribution in [0.5, 0.6) is 0 Å². The number of aromatic nitrogens is 3. The van der Waals surface area contributed by atoms with Gasteiger partial charge in [0.2, 0.25) is 5.95 Å². The highest BCUT2D eigenvalue weighted by Crippen LogP contribution is 2.51. The van der Waals surface area contributed by atoms with Crippen LogP contribution < -0.4 is 11.1 Å². The van der Waals surface area contributed by atoms with Crippen molar-refractivity contribution in [2.75, 3.05) is 17.2 Å². The number of aromatic amines is 1. The number of nitrogens with two attached hydrogens (primary N) is 1. The van der Waals surface area contributed by atoms with E-state index in [1.165, 1.54) is 17.5 Å². The number of nitrogens with zero attached hydrogens (tertiary/aromatic N) is 2. The van der Waals surface area contributed by atoms with Crippen LogP contribution >= 0.6 is 0 Å². The minimum absolute atomic E-state index is 0.000689. The maximum Gasteiger partial charge on any atom is 0.251 e. The highest BCUT2D eigenvalue weighted by molar-refractivity contribution is 7.85. The zero-order chi connectivity index (χ0) is 24.0. The summed E-state index contributed by atoms with van der Waals surface area (Å²) in [6.45, 7) is 0. The standard InChI is InChI=1S/C27H27N5O2S/c28-26-30-13-19(14-31-26)17-2-5-20(6-3-17)27(9-1-10-27)23-15-29-24-12-18(4-7-22(23)24)25(33)32-21-8-11-35(34)16-21/h2-7,12-15,21,29H,1,8-11,16H2,(H,32,33)(H2,28,30,31). The molecule has 1 amide bonds. The Bertz CT molecular complexity index is 1420. The molecule has 3 heterocycles. The third-order valence-corrected chi connectivity index (χ3v) is 8.99. The normalized spacial score (nSPS) is 21.0. The molecule has 0 radical (unpaired) electrons. The number of nitrogens with one attached hydrogen (secondary N) is 2. The highest BCUT2D eigenvalue weighted by Gasteiger charge is 2.42. The van der Waals surface area contributed by atoms with Gasteiger partial charge in [-0.2, -0.15) is 0 Å². The average molecular weight is 486 g/mol. The summed E-state index contributed by atoms with van der Waals surface area (Å²) in [4.78, 5) is 24.4. The lowest BCUT2D eigenvalue weighted by molar-refractivity contribution is 0.0941. The second-order valence-corrected chi connectivity index (χ2v) is 11.2. The van der Waals surface area contributed by atoms with Crippen LogP contribution in [0.25, 0.3) is 22.0 Å². The molecule has 2 aromatic heterocycles. The van der Waals surface area contributed by atoms with Gasteiger partial charge in [-0.1, -0.05) is 36.8 Å². The lowest BCUT2D eigenvalue weighted by atomic mass is 9.60. The van der Waals surface area contributed by atoms with Crippen LogP contribution in [-0.2, 0) is 16.2 Å². The molecule has 4 N–H and O–H groups in total. The molecule has 178 valence electrons. The number of nitrogen functional groups attached to an aromatic ring is 1. The van der Waals surface area contributed by atoms with Gasteiger partial charge in [-0.3, -0.25) is 9.00 Å². The lowest BCUT2D eigenvalue weighted by Gasteiger charge is -2.43. The number of amides is 1. The van der Waals surface area contributed by atoms with Crippen LogP contribution in [0.15, 0.2) is 61.1 Å². The fourth-order valence-electron chi connectivity index (χ4n) is 5.42. The molecule has 2 atom stereocenters. The zero-order valence-electron chi connectivity index (χ0n) is 19.3. The van der Waals surface area contributed by atoms with Gasteiger partial charge < -0.3 is 16.0 Å². The second kappa shape index (κ2) is 8.61. The first-order valence-electron chi connectivity index (χ1n) is 12.0. The molecular weight excluding hydrogens is 458 g/mol. The number of fused-ring (bicyclic) bond motifs is 1. The van der Waals surface area contributed by atoms with E-state index >= 15 is 0 Å². The maximum absolute atomic E-state index is 12.8. The van der Waals surface area contributed by atoms with Crippen molar-refractivity contribution in [3.8, 4) is 11.1 Å². The van der Waals surface area contributed by atoms with Gasteiger partial charge in [0.25, 0.3) is 5.91 Å². The lowest BCUT2D eigenvalue weighted by Crippen LogP contribution is -2.35. The molecule has 7 nitrogen and oxygen atoms in total. The number of H-pyrrole nitrogens is 1. The van der Waals surface area contributed by atoms with Crippen LogP contribution in [0.1, 0.15) is 47.2 Å². The van der Waals surface area contributed by atoms with E-state index < -0.39 is 10.8 Å². The molecule has 4 aromatic rings. The predicted octanol–water partition coefficient (Wildman–Crippen LogP) is 3.93. The summed E-state index contributed by atoms with van der Waals surface area (Å²) in [5, 5.41) is 4.19. The molecule has 2 aromatic carbocycles. The molecule has 8 heteroatoms. The van der Waals surface area contributed by atoms with Gasteiger partial charge in [0.05, 0.1) is 0 Å². The summed E-state index contributed by atoms with van der Waals surface area (Å²) >= 11 is 0. The van der Waals surface area contributed by atoms with Crippen LogP contribution in [0.4, 0.5) is 5.95 Å². The van der Waals surface area contributed by atoms with Crippen molar-refractivity contribution >= 4 is 33.6 Å². The molecule has 2 unspecified atom stereocenters. The summed E-state index contributed by atoms with van der Waals surface area (Å²) in [5.74, 6) is 1.38. The topological polar surface area (TPSA) is 114 Å². The molecular formula is C27H27N5O2S. The van der Waals surface area contributed by atoms with Gasteiger partial charge in [0, 0.05) is 74.4 Å². The third kappa shape index (κ3) is 3.91. The Labute approximate surface area is 206 Å². The van der Waals surface area contributed by atoms with E-state index in [9.17, 15) is 9.00 Å². The predicted molar refractivity (Wildman–Crippen MR) is 139 cm³/mol. The highest BCUT2D eigenvalue weighted by atomic mass is 32.2. The number of rotatable bonds is 5. The van der Waals surface area contributed by atoms with Crippen molar-refractivity contribution < 1.29 is 9.00 Å². The summed E-state index contributed by atoms with van der Waals surface area (Å²) < 4.78 is 11.6. The summed E-state index contributed by atoms with van der Waals surface area (Å²) in [5.41, 5.74) is 11.7. The largest absolute Gasteiger partial charge is 0.368 e. The van der Waals surface area contributed by atoms with Crippen molar-refractivity contribution in [2.24, 2.45) is 0 Å². The first-order chi connectivity index (χ1) is 17.0. The van der Waals surface area contributed by atoms with Gasteiger partial charge in [0.15, 0.2) is 0 Å². The Morgan fingerprint density at radius 3 is 2.51 bits per heavy atom. The summed E-state index contributed by atoms with van der Waals surface area (Å²) in [6.07, 6.45) is 9.74. The first-order valence-corrected chi connectivity index (χ1v) is 13.5. The quantitative estimate of drug-likeness (QED) is 0.396. The van der Waals surface area contributed by atoms with Gasteiger partial charge in [-0.05, 0) is 48.1 Å². The van der Waals surface area contributed by atoms with Crippen LogP contribution in [0, 0.1) is 0 Å². The van der Waals surface area contributed by atoms with E-state index in [4.69, 9.17) is 5.73 Å². The number of hydrogen-bond donors (Lipinski definition) is 3. The molecule has 1 saturated heterocycles. The van der Waals surface area contributed by atoms with E-state index in [1.807, 2.05) is 12.1 Å². The maximum atomic E-state index is 12.8. The smallest absolute Gasteiger partial charge is 0.251 e. The minimum atomic E-state index is -0.813. The van der Waals surface area contributed by atoms with Crippen LogP contribution in [-0.4, -0.2) is 42.6 Å². The van der Waals surface area contributed by atoms with Crippen LogP contribution in [0.3, 0.4) is 0 Å². The number of hydrogen-bond acceptors (Lipinski definition) is 5. The molecule has 35 heavy (non-hydrogen) atoms. The Balaban J connectivity index is 1.28. The van der Waals surface area contributed by atoms with E-state index in [-0.39, 0.29) is 23.3 Å². The molecule has 0 spiro atoms. The number of benzene rings is 2. The molecule has 1 aliphatic carbocycles. The van der Waals surface area contributed by atoms with Gasteiger partial charge >= 0.3 is 0 Å². The third-order valence-electron chi connectivity index (χ3n) is 7.53. The molecule has 2 aliphatic rings. The average Bonchev–Trinajstić information content (AvgIpc) is 3.45. The van der Waals surface area contributed by atoms with Gasteiger partial charge in [-0.25, -0.2) is 9.97 Å². The Hall–Kier alpha value is -3.52. The van der Waals surface area contributed by atoms with E-state index in [0.29, 0.717) is 17.1 Å². The second-order valence-electron chi connectivity index (χ2n) is 9.58. The van der Waals surface area contributed by atoms with Gasteiger partial charge in [-0.15, -0.1) is 0 Å². The van der Waals surface area contributed by atoms with Crippen molar-refractivity contribution in [2.45, 2.75) is 37.1 Å². The number of carbonyl (C=O) groups excluding carboxylic acids is 1. The minimum Gasteiger partial charge on any atom is -0.368 e. The van der Waals surface area contributed by atoms with Gasteiger partial charge in [0.1, 0.15) is 0 Å². The van der Waals surface area contributed by atoms with E-state index in [2.05, 4.69) is 56.8 Å². The van der Waals surface area contributed by atoms with Crippen molar-refractivity contribution in [3.05, 3.63) is 77.7 Å².